The highest BCUT2D eigenvalue weighted by Gasteiger charge is 2.20. The van der Waals surface area contributed by atoms with E-state index in [2.05, 4.69) is 9.55 Å². The SMILES string of the molecule is COc1cccc(-n2cnc3c2CCCC3)c1[C@@H](C)O. The van der Waals surface area contributed by atoms with Crippen LogP contribution in [-0.4, -0.2) is 21.8 Å². The lowest BCUT2D eigenvalue weighted by Gasteiger charge is -2.19. The van der Waals surface area contributed by atoms with E-state index in [1.54, 1.807) is 14.0 Å². The number of aliphatic hydroxyl groups is 1. The number of aliphatic hydroxyl groups excluding tert-OH is 1. The van der Waals surface area contributed by atoms with Crippen molar-refractivity contribution in [2.45, 2.75) is 38.7 Å². The van der Waals surface area contributed by atoms with Gasteiger partial charge in [-0.05, 0) is 44.7 Å². The van der Waals surface area contributed by atoms with Gasteiger partial charge in [-0.3, -0.25) is 0 Å². The van der Waals surface area contributed by atoms with Crippen molar-refractivity contribution in [3.8, 4) is 11.4 Å². The second-order valence-electron chi connectivity index (χ2n) is 5.28. The first-order valence-corrected chi connectivity index (χ1v) is 7.12. The molecule has 1 aromatic carbocycles. The summed E-state index contributed by atoms with van der Waals surface area (Å²) in [7, 11) is 1.63. The molecule has 0 saturated carbocycles. The molecule has 0 saturated heterocycles. The number of hydrogen-bond donors (Lipinski definition) is 1. The van der Waals surface area contributed by atoms with Gasteiger partial charge in [0.25, 0.3) is 0 Å². The minimum atomic E-state index is -0.581. The second kappa shape index (κ2) is 5.29. The van der Waals surface area contributed by atoms with E-state index >= 15 is 0 Å². The molecule has 1 N–H and O–H groups in total. The van der Waals surface area contributed by atoms with Crippen LogP contribution in [0.2, 0.25) is 0 Å². The first-order chi connectivity index (χ1) is 9.72. The maximum Gasteiger partial charge on any atom is 0.126 e. The fourth-order valence-electron chi connectivity index (χ4n) is 3.02. The average Bonchev–Trinajstić information content (AvgIpc) is 2.90. The third-order valence-electron chi connectivity index (χ3n) is 3.97. The average molecular weight is 272 g/mol. The van der Waals surface area contributed by atoms with Crippen LogP contribution < -0.4 is 4.74 Å². The highest BCUT2D eigenvalue weighted by Crippen LogP contribution is 2.33. The number of aryl methyl sites for hydroxylation is 1. The van der Waals surface area contributed by atoms with Crippen LogP contribution >= 0.6 is 0 Å². The largest absolute Gasteiger partial charge is 0.496 e. The lowest BCUT2D eigenvalue weighted by atomic mass is 10.00. The van der Waals surface area contributed by atoms with Crippen LogP contribution in [0.4, 0.5) is 0 Å². The predicted octanol–water partition coefficient (Wildman–Crippen LogP) is 2.81. The molecule has 3 rings (SSSR count). The first kappa shape index (κ1) is 13.2. The highest BCUT2D eigenvalue weighted by atomic mass is 16.5. The van der Waals surface area contributed by atoms with Crippen molar-refractivity contribution < 1.29 is 9.84 Å². The van der Waals surface area contributed by atoms with Crippen LogP contribution in [-0.2, 0) is 12.8 Å². The number of imidazole rings is 1. The van der Waals surface area contributed by atoms with Crippen LogP contribution in [0.3, 0.4) is 0 Å². The quantitative estimate of drug-likeness (QED) is 0.934. The van der Waals surface area contributed by atoms with Gasteiger partial charge in [0.15, 0.2) is 0 Å². The molecule has 0 unspecified atom stereocenters. The van der Waals surface area contributed by atoms with Gasteiger partial charge in [-0.1, -0.05) is 6.07 Å². The summed E-state index contributed by atoms with van der Waals surface area (Å²) in [5.74, 6) is 0.718. The molecule has 1 atom stereocenters. The number of rotatable bonds is 3. The Balaban J connectivity index is 2.17. The number of methoxy groups -OCH3 is 1. The van der Waals surface area contributed by atoms with Crippen molar-refractivity contribution in [1.82, 2.24) is 9.55 Å². The number of nitrogens with zero attached hydrogens (tertiary/aromatic N) is 2. The van der Waals surface area contributed by atoms with E-state index in [0.717, 1.165) is 29.8 Å². The predicted molar refractivity (Wildman–Crippen MR) is 77.4 cm³/mol. The molecule has 0 spiro atoms. The molecule has 0 bridgehead atoms. The molecule has 0 aliphatic heterocycles. The third kappa shape index (κ3) is 2.10. The lowest BCUT2D eigenvalue weighted by molar-refractivity contribution is 0.194. The Bertz CT molecular complexity index is 617. The van der Waals surface area contributed by atoms with Crippen molar-refractivity contribution in [2.24, 2.45) is 0 Å². The Hall–Kier alpha value is -1.81. The smallest absolute Gasteiger partial charge is 0.126 e. The van der Waals surface area contributed by atoms with Gasteiger partial charge >= 0.3 is 0 Å². The molecule has 1 aliphatic rings. The summed E-state index contributed by atoms with van der Waals surface area (Å²) >= 11 is 0. The zero-order chi connectivity index (χ0) is 14.1. The lowest BCUT2D eigenvalue weighted by Crippen LogP contribution is -2.10. The molecule has 0 radical (unpaired) electrons. The number of hydrogen-bond acceptors (Lipinski definition) is 3. The summed E-state index contributed by atoms with van der Waals surface area (Å²) in [6.45, 7) is 1.77. The van der Waals surface area contributed by atoms with Gasteiger partial charge in [-0.2, -0.15) is 0 Å². The monoisotopic (exact) mass is 272 g/mol. The standard InChI is InChI=1S/C16H20N2O2/c1-11(19)16-14(8-5-9-15(16)20-2)18-10-17-12-6-3-4-7-13(12)18/h5,8-11,19H,3-4,6-7H2,1-2H3/t11-/m1/s1. The molecule has 0 amide bonds. The van der Waals surface area contributed by atoms with Gasteiger partial charge in [0.2, 0.25) is 0 Å². The summed E-state index contributed by atoms with van der Waals surface area (Å²) < 4.78 is 7.51. The zero-order valence-corrected chi connectivity index (χ0v) is 12.0. The van der Waals surface area contributed by atoms with E-state index in [-0.39, 0.29) is 0 Å². The van der Waals surface area contributed by atoms with Crippen molar-refractivity contribution in [3.05, 3.63) is 41.5 Å². The van der Waals surface area contributed by atoms with Crippen LogP contribution in [0, 0.1) is 0 Å². The van der Waals surface area contributed by atoms with E-state index in [1.165, 1.54) is 24.2 Å². The van der Waals surface area contributed by atoms with E-state index in [1.807, 2.05) is 24.5 Å². The molecule has 1 aliphatic carbocycles. The van der Waals surface area contributed by atoms with Gasteiger partial charge in [-0.25, -0.2) is 4.98 Å². The van der Waals surface area contributed by atoms with E-state index in [9.17, 15) is 5.11 Å². The van der Waals surface area contributed by atoms with E-state index < -0.39 is 6.10 Å². The molecular weight excluding hydrogens is 252 g/mol. The van der Waals surface area contributed by atoms with Crippen molar-refractivity contribution in [3.63, 3.8) is 0 Å². The molecule has 0 fully saturated rings. The third-order valence-corrected chi connectivity index (χ3v) is 3.97. The van der Waals surface area contributed by atoms with E-state index in [0.29, 0.717) is 0 Å². The normalized spacial score (nSPS) is 15.8. The topological polar surface area (TPSA) is 47.3 Å². The van der Waals surface area contributed by atoms with Crippen LogP contribution in [0.1, 0.15) is 42.8 Å². The van der Waals surface area contributed by atoms with Crippen LogP contribution in [0.25, 0.3) is 5.69 Å². The number of fused-ring (bicyclic) bond motifs is 1. The van der Waals surface area contributed by atoms with Gasteiger partial charge in [-0.15, -0.1) is 0 Å². The molecular formula is C16H20N2O2. The van der Waals surface area contributed by atoms with Gasteiger partial charge < -0.3 is 14.4 Å². The Morgan fingerprint density at radius 1 is 1.30 bits per heavy atom. The Kier molecular flexibility index (Phi) is 3.49. The second-order valence-corrected chi connectivity index (χ2v) is 5.28. The van der Waals surface area contributed by atoms with Crippen molar-refractivity contribution in [2.75, 3.05) is 7.11 Å². The highest BCUT2D eigenvalue weighted by molar-refractivity contribution is 5.52. The molecule has 4 heteroatoms. The summed E-state index contributed by atoms with van der Waals surface area (Å²) in [5.41, 5.74) is 4.25. The van der Waals surface area contributed by atoms with Crippen molar-refractivity contribution >= 4 is 0 Å². The minimum Gasteiger partial charge on any atom is -0.496 e. The molecule has 20 heavy (non-hydrogen) atoms. The van der Waals surface area contributed by atoms with Crippen LogP contribution in [0.15, 0.2) is 24.5 Å². The van der Waals surface area contributed by atoms with Crippen LogP contribution in [0.5, 0.6) is 5.75 Å². The fraction of sp³-hybridized carbons (Fsp3) is 0.438. The van der Waals surface area contributed by atoms with Crippen molar-refractivity contribution in [1.29, 1.82) is 0 Å². The minimum absolute atomic E-state index is 0.581. The molecule has 4 nitrogen and oxygen atoms in total. The number of benzene rings is 1. The molecule has 2 aromatic rings. The maximum absolute atomic E-state index is 10.1. The maximum atomic E-state index is 10.1. The fourth-order valence-corrected chi connectivity index (χ4v) is 3.02. The Labute approximate surface area is 119 Å². The summed E-state index contributed by atoms with van der Waals surface area (Å²) in [6, 6.07) is 5.85. The molecule has 1 aromatic heterocycles. The Morgan fingerprint density at radius 2 is 2.10 bits per heavy atom. The summed E-state index contributed by atoms with van der Waals surface area (Å²) in [4.78, 5) is 4.53. The van der Waals surface area contributed by atoms with Gasteiger partial charge in [0.1, 0.15) is 5.75 Å². The summed E-state index contributed by atoms with van der Waals surface area (Å²) in [5, 5.41) is 10.1. The first-order valence-electron chi connectivity index (χ1n) is 7.12. The number of ether oxygens (including phenoxy) is 1. The van der Waals surface area contributed by atoms with Gasteiger partial charge in [0.05, 0.1) is 30.9 Å². The molecule has 106 valence electrons. The zero-order valence-electron chi connectivity index (χ0n) is 12.0. The van der Waals surface area contributed by atoms with E-state index in [4.69, 9.17) is 4.74 Å². The number of aromatic nitrogens is 2. The van der Waals surface area contributed by atoms with Gasteiger partial charge in [0, 0.05) is 11.3 Å². The Morgan fingerprint density at radius 3 is 2.85 bits per heavy atom. The summed E-state index contributed by atoms with van der Waals surface area (Å²) in [6.07, 6.45) is 5.80. The molecule has 1 heterocycles.